The first-order valence-corrected chi connectivity index (χ1v) is 7.22. The summed E-state index contributed by atoms with van der Waals surface area (Å²) < 4.78 is 10.8. The van der Waals surface area contributed by atoms with Crippen molar-refractivity contribution in [2.45, 2.75) is 38.5 Å². The minimum atomic E-state index is 0.875. The minimum Gasteiger partial charge on any atom is -0.472 e. The van der Waals surface area contributed by atoms with Crippen LogP contribution in [-0.4, -0.2) is 13.2 Å². The van der Waals surface area contributed by atoms with E-state index in [4.69, 9.17) is 9.15 Å². The highest BCUT2D eigenvalue weighted by molar-refractivity contribution is 5.69. The molecule has 0 aromatic heterocycles. The summed E-state index contributed by atoms with van der Waals surface area (Å²) in [5.41, 5.74) is 3.90. The van der Waals surface area contributed by atoms with Crippen molar-refractivity contribution >= 4 is 0 Å². The third-order valence-electron chi connectivity index (χ3n) is 3.41. The van der Waals surface area contributed by atoms with Gasteiger partial charge < -0.3 is 9.15 Å². The highest BCUT2D eigenvalue weighted by Crippen LogP contribution is 2.28. The Morgan fingerprint density at radius 2 is 1.84 bits per heavy atom. The Balaban J connectivity index is 1.61. The summed E-state index contributed by atoms with van der Waals surface area (Å²) in [6, 6.07) is 6.38. The lowest BCUT2D eigenvalue weighted by Gasteiger charge is -2.05. The normalized spacial score (nSPS) is 11.2. The molecule has 0 amide bonds. The maximum absolute atomic E-state index is 5.60. The van der Waals surface area contributed by atoms with Crippen LogP contribution in [0.5, 0.6) is 0 Å². The monoisotopic (exact) mass is 259 g/mol. The van der Waals surface area contributed by atoms with Gasteiger partial charge in [-0.2, -0.15) is 0 Å². The molecular weight excluding hydrogens is 236 g/mol. The van der Waals surface area contributed by atoms with Crippen LogP contribution in [0.1, 0.15) is 37.7 Å². The Hall–Kier alpha value is -1.28. The Morgan fingerprint density at radius 1 is 1.00 bits per heavy atom. The van der Waals surface area contributed by atoms with Gasteiger partial charge in [0.05, 0.1) is 12.5 Å². The fourth-order valence-corrected chi connectivity index (χ4v) is 2.28. The largest absolute Gasteiger partial charge is 0.472 e. The predicted octanol–water partition coefficient (Wildman–Crippen LogP) is 4.73. The third kappa shape index (κ3) is 4.39. The van der Waals surface area contributed by atoms with Crippen LogP contribution in [0.2, 0.25) is 0 Å². The van der Waals surface area contributed by atoms with Gasteiger partial charge in [0.2, 0.25) is 0 Å². The number of hydrogen-bond acceptors (Lipinski definition) is 2. The summed E-state index contributed by atoms with van der Waals surface area (Å²) in [5, 5.41) is 0. The SMILES string of the molecule is [CH2]CCCCOCCCCc1ccc2ccocc1-2. The van der Waals surface area contributed by atoms with Gasteiger partial charge in [-0.05, 0) is 42.9 Å². The molecule has 0 saturated heterocycles. The van der Waals surface area contributed by atoms with Gasteiger partial charge in [0.1, 0.15) is 0 Å². The quantitative estimate of drug-likeness (QED) is 0.607. The van der Waals surface area contributed by atoms with Crippen LogP contribution in [0.25, 0.3) is 11.1 Å². The Morgan fingerprint density at radius 3 is 2.68 bits per heavy atom. The van der Waals surface area contributed by atoms with E-state index in [1.165, 1.54) is 29.5 Å². The zero-order valence-electron chi connectivity index (χ0n) is 11.6. The van der Waals surface area contributed by atoms with E-state index in [0.29, 0.717) is 0 Å². The van der Waals surface area contributed by atoms with Gasteiger partial charge in [0, 0.05) is 18.8 Å². The average Bonchev–Trinajstić information content (AvgIpc) is 2.85. The molecule has 0 spiro atoms. The zero-order valence-corrected chi connectivity index (χ0v) is 11.6. The predicted molar refractivity (Wildman–Crippen MR) is 78.3 cm³/mol. The molecule has 2 heteroatoms. The van der Waals surface area contributed by atoms with E-state index in [0.717, 1.165) is 38.9 Å². The molecule has 2 rings (SSSR count). The van der Waals surface area contributed by atoms with E-state index in [-0.39, 0.29) is 0 Å². The summed E-state index contributed by atoms with van der Waals surface area (Å²) >= 11 is 0. The molecule has 1 aliphatic heterocycles. The first-order valence-electron chi connectivity index (χ1n) is 7.22. The van der Waals surface area contributed by atoms with Gasteiger partial charge in [0.15, 0.2) is 0 Å². The van der Waals surface area contributed by atoms with Crippen molar-refractivity contribution < 1.29 is 9.15 Å². The van der Waals surface area contributed by atoms with Crippen LogP contribution >= 0.6 is 0 Å². The summed E-state index contributed by atoms with van der Waals surface area (Å²) in [5.74, 6) is 0. The van der Waals surface area contributed by atoms with Crippen molar-refractivity contribution in [2.75, 3.05) is 13.2 Å². The van der Waals surface area contributed by atoms with Gasteiger partial charge in [-0.1, -0.05) is 31.9 Å². The lowest BCUT2D eigenvalue weighted by atomic mass is 10.1. The average molecular weight is 259 g/mol. The number of aryl methyl sites for hydroxylation is 1. The van der Waals surface area contributed by atoms with Gasteiger partial charge in [-0.25, -0.2) is 0 Å². The Labute approximate surface area is 116 Å². The zero-order chi connectivity index (χ0) is 13.3. The molecule has 0 N–H and O–H groups in total. The summed E-state index contributed by atoms with van der Waals surface area (Å²) in [7, 11) is 0. The smallest absolute Gasteiger partial charge is 0.0982 e. The van der Waals surface area contributed by atoms with E-state index in [9.17, 15) is 0 Å². The van der Waals surface area contributed by atoms with E-state index in [1.807, 2.05) is 12.3 Å². The van der Waals surface area contributed by atoms with Crippen LogP contribution in [0, 0.1) is 6.92 Å². The van der Waals surface area contributed by atoms with E-state index in [2.05, 4.69) is 19.1 Å². The fraction of sp³-hybridized carbons (Fsp3) is 0.471. The second-order valence-corrected chi connectivity index (χ2v) is 4.91. The van der Waals surface area contributed by atoms with Crippen LogP contribution < -0.4 is 0 Å². The molecule has 103 valence electrons. The van der Waals surface area contributed by atoms with E-state index in [1.54, 1.807) is 6.26 Å². The fourth-order valence-electron chi connectivity index (χ4n) is 2.28. The van der Waals surface area contributed by atoms with Gasteiger partial charge in [-0.3, -0.25) is 0 Å². The molecule has 2 aliphatic rings. The van der Waals surface area contributed by atoms with Crippen molar-refractivity contribution in [1.29, 1.82) is 0 Å². The Kier molecular flexibility index (Phi) is 5.96. The number of rotatable bonds is 9. The molecule has 0 atom stereocenters. The van der Waals surface area contributed by atoms with Gasteiger partial charge >= 0.3 is 0 Å². The molecule has 1 radical (unpaired) electrons. The highest BCUT2D eigenvalue weighted by atomic mass is 16.5. The van der Waals surface area contributed by atoms with E-state index >= 15 is 0 Å². The number of hydrogen-bond donors (Lipinski definition) is 0. The van der Waals surface area contributed by atoms with Crippen LogP contribution in [-0.2, 0) is 11.2 Å². The maximum atomic E-state index is 5.60. The molecule has 1 heterocycles. The molecule has 0 aromatic carbocycles. The van der Waals surface area contributed by atoms with Crippen LogP contribution in [0.3, 0.4) is 0 Å². The molecule has 1 aliphatic carbocycles. The molecule has 0 saturated carbocycles. The van der Waals surface area contributed by atoms with Crippen molar-refractivity contribution in [3.63, 3.8) is 0 Å². The molecule has 2 nitrogen and oxygen atoms in total. The molecular formula is C17H23O2. The van der Waals surface area contributed by atoms with Crippen molar-refractivity contribution in [3.8, 4) is 11.1 Å². The molecule has 0 bridgehead atoms. The Bertz CT molecular complexity index is 433. The number of fused-ring (bicyclic) bond motifs is 1. The number of ether oxygens (including phenoxy) is 1. The summed E-state index contributed by atoms with van der Waals surface area (Å²) in [4.78, 5) is 0. The van der Waals surface area contributed by atoms with E-state index < -0.39 is 0 Å². The van der Waals surface area contributed by atoms with Crippen LogP contribution in [0.15, 0.2) is 35.1 Å². The molecule has 0 unspecified atom stereocenters. The minimum absolute atomic E-state index is 0.875. The molecule has 0 aromatic rings. The van der Waals surface area contributed by atoms with Crippen molar-refractivity contribution in [1.82, 2.24) is 0 Å². The second-order valence-electron chi connectivity index (χ2n) is 4.91. The third-order valence-corrected chi connectivity index (χ3v) is 3.41. The van der Waals surface area contributed by atoms with Gasteiger partial charge in [-0.15, -0.1) is 0 Å². The van der Waals surface area contributed by atoms with Crippen LogP contribution in [0.4, 0.5) is 0 Å². The first kappa shape index (κ1) is 14.1. The van der Waals surface area contributed by atoms with Gasteiger partial charge in [0.25, 0.3) is 0 Å². The molecule has 19 heavy (non-hydrogen) atoms. The standard InChI is InChI=1S/C17H23O2/c1-2-3-5-11-18-12-6-4-7-15-8-9-16-10-13-19-14-17(15)16/h8-10,13-14H,1-7,11-12H2. The summed E-state index contributed by atoms with van der Waals surface area (Å²) in [6.45, 7) is 5.58. The number of unbranched alkanes of at least 4 members (excludes halogenated alkanes) is 3. The molecule has 0 fully saturated rings. The van der Waals surface area contributed by atoms with Crippen molar-refractivity contribution in [3.05, 3.63) is 43.2 Å². The second kappa shape index (κ2) is 8.00. The first-order chi connectivity index (χ1) is 9.42. The topological polar surface area (TPSA) is 22.4 Å². The highest BCUT2D eigenvalue weighted by Gasteiger charge is 2.08. The maximum Gasteiger partial charge on any atom is 0.0982 e. The summed E-state index contributed by atoms with van der Waals surface area (Å²) in [6.07, 6.45) is 10.3. The lowest BCUT2D eigenvalue weighted by Crippen LogP contribution is -1.97. The van der Waals surface area contributed by atoms with Crippen molar-refractivity contribution in [2.24, 2.45) is 0 Å². The lowest BCUT2D eigenvalue weighted by molar-refractivity contribution is 0.127.